The molecule has 0 N–H and O–H groups in total. The molecule has 2 saturated carbocycles. The molecule has 0 radical (unpaired) electrons. The average molecular weight is 461 g/mol. The van der Waals surface area contributed by atoms with Crippen LogP contribution in [0.15, 0.2) is 6.20 Å². The monoisotopic (exact) mass is 460 g/mol. The largest absolute Gasteiger partial charge is 0.472 e. The zero-order valence-electron chi connectivity index (χ0n) is 19.9. The van der Waals surface area contributed by atoms with Gasteiger partial charge < -0.3 is 14.4 Å². The number of aryl methyl sites for hydroxylation is 2. The van der Waals surface area contributed by atoms with Crippen molar-refractivity contribution in [1.82, 2.24) is 29.9 Å². The Balaban J connectivity index is 1.41. The van der Waals surface area contributed by atoms with E-state index in [1.165, 1.54) is 48.7 Å². The number of amides is 1. The SMILES string of the molecule is CCC(F)CN(C)C(=O)OCc1c(-c2cnc(OC3CC34CCCCC4)c(C)n2)nnn1C. The summed E-state index contributed by atoms with van der Waals surface area (Å²) in [4.78, 5) is 22.6. The van der Waals surface area contributed by atoms with Gasteiger partial charge in [0, 0.05) is 19.5 Å². The number of carbonyl (C=O) groups is 1. The summed E-state index contributed by atoms with van der Waals surface area (Å²) in [5.41, 5.74) is 2.63. The van der Waals surface area contributed by atoms with Crippen molar-refractivity contribution < 1.29 is 18.7 Å². The predicted molar refractivity (Wildman–Crippen MR) is 119 cm³/mol. The molecule has 2 atom stereocenters. The van der Waals surface area contributed by atoms with Gasteiger partial charge >= 0.3 is 6.09 Å². The molecule has 2 aromatic rings. The van der Waals surface area contributed by atoms with Gasteiger partial charge in [-0.2, -0.15) is 0 Å². The number of rotatable bonds is 8. The molecule has 1 amide bonds. The average Bonchev–Trinajstić information content (AvgIpc) is 3.31. The van der Waals surface area contributed by atoms with E-state index < -0.39 is 12.3 Å². The van der Waals surface area contributed by atoms with Crippen LogP contribution in [0.5, 0.6) is 5.88 Å². The van der Waals surface area contributed by atoms with Crippen LogP contribution in [0.3, 0.4) is 0 Å². The van der Waals surface area contributed by atoms with Crippen LogP contribution < -0.4 is 4.74 Å². The van der Waals surface area contributed by atoms with Crippen molar-refractivity contribution in [3.05, 3.63) is 17.6 Å². The van der Waals surface area contributed by atoms with Crippen molar-refractivity contribution in [3.8, 4) is 17.3 Å². The molecule has 2 unspecified atom stereocenters. The third kappa shape index (κ3) is 5.09. The van der Waals surface area contributed by atoms with Crippen LogP contribution in [0, 0.1) is 12.3 Å². The van der Waals surface area contributed by atoms with Crippen molar-refractivity contribution in [2.24, 2.45) is 12.5 Å². The molecular formula is C23H33FN6O3. The third-order valence-electron chi connectivity index (χ3n) is 6.86. The quantitative estimate of drug-likeness (QED) is 0.588. The maximum absolute atomic E-state index is 13.6. The molecule has 2 aromatic heterocycles. The number of aromatic nitrogens is 5. The maximum Gasteiger partial charge on any atom is 0.409 e. The van der Waals surface area contributed by atoms with Crippen LogP contribution >= 0.6 is 0 Å². The first-order valence-electron chi connectivity index (χ1n) is 11.7. The topological polar surface area (TPSA) is 95.3 Å². The molecule has 2 fully saturated rings. The summed E-state index contributed by atoms with van der Waals surface area (Å²) in [5.74, 6) is 0.557. The van der Waals surface area contributed by atoms with E-state index in [4.69, 9.17) is 9.47 Å². The Kier molecular flexibility index (Phi) is 6.81. The minimum atomic E-state index is -1.08. The van der Waals surface area contributed by atoms with E-state index in [1.807, 2.05) is 6.92 Å². The molecule has 0 saturated heterocycles. The number of ether oxygens (including phenoxy) is 2. The lowest BCUT2D eigenvalue weighted by Gasteiger charge is -2.22. The molecule has 0 aliphatic heterocycles. The van der Waals surface area contributed by atoms with Gasteiger partial charge in [0.15, 0.2) is 0 Å². The van der Waals surface area contributed by atoms with Gasteiger partial charge in [0.2, 0.25) is 5.88 Å². The van der Waals surface area contributed by atoms with Crippen LogP contribution in [0.1, 0.15) is 63.3 Å². The highest BCUT2D eigenvalue weighted by Gasteiger charge is 2.56. The van der Waals surface area contributed by atoms with Crippen LogP contribution in [-0.4, -0.2) is 61.8 Å². The predicted octanol–water partition coefficient (Wildman–Crippen LogP) is 4.00. The summed E-state index contributed by atoms with van der Waals surface area (Å²) in [6, 6.07) is 0. The van der Waals surface area contributed by atoms with Crippen LogP contribution in [0.4, 0.5) is 9.18 Å². The second-order valence-corrected chi connectivity index (χ2v) is 9.33. The minimum Gasteiger partial charge on any atom is -0.472 e. The highest BCUT2D eigenvalue weighted by Crippen LogP contribution is 2.57. The number of halogens is 1. The summed E-state index contributed by atoms with van der Waals surface area (Å²) in [6.07, 6.45) is 7.97. The number of alkyl halides is 1. The van der Waals surface area contributed by atoms with E-state index in [1.54, 1.807) is 20.2 Å². The number of nitrogens with zero attached hydrogens (tertiary/aromatic N) is 6. The van der Waals surface area contributed by atoms with E-state index in [-0.39, 0.29) is 19.3 Å². The Labute approximate surface area is 193 Å². The fraction of sp³-hybridized carbons (Fsp3) is 0.696. The first-order chi connectivity index (χ1) is 15.8. The summed E-state index contributed by atoms with van der Waals surface area (Å²) in [6.45, 7) is 3.53. The second kappa shape index (κ2) is 9.61. The van der Waals surface area contributed by atoms with E-state index in [0.717, 1.165) is 6.42 Å². The van der Waals surface area contributed by atoms with Gasteiger partial charge in [-0.25, -0.2) is 23.8 Å². The van der Waals surface area contributed by atoms with Crippen LogP contribution in [0.2, 0.25) is 0 Å². The lowest BCUT2D eigenvalue weighted by atomic mass is 9.86. The lowest BCUT2D eigenvalue weighted by Crippen LogP contribution is -2.33. The number of carbonyl (C=O) groups excluding carboxylic acids is 1. The van der Waals surface area contributed by atoms with Crippen molar-refractivity contribution in [2.75, 3.05) is 13.6 Å². The third-order valence-corrected chi connectivity index (χ3v) is 6.86. The Morgan fingerprint density at radius 2 is 2.12 bits per heavy atom. The van der Waals surface area contributed by atoms with E-state index in [9.17, 15) is 9.18 Å². The van der Waals surface area contributed by atoms with Gasteiger partial charge in [0.05, 0.1) is 12.7 Å². The molecule has 2 aliphatic carbocycles. The zero-order chi connectivity index (χ0) is 23.6. The fourth-order valence-corrected chi connectivity index (χ4v) is 4.57. The molecule has 2 heterocycles. The normalized spacial score (nSPS) is 19.8. The lowest BCUT2D eigenvalue weighted by molar-refractivity contribution is 0.0932. The zero-order valence-corrected chi connectivity index (χ0v) is 19.9. The number of hydrogen-bond donors (Lipinski definition) is 0. The first-order valence-corrected chi connectivity index (χ1v) is 11.7. The van der Waals surface area contributed by atoms with E-state index >= 15 is 0 Å². The second-order valence-electron chi connectivity index (χ2n) is 9.33. The molecule has 4 rings (SSSR count). The molecule has 9 nitrogen and oxygen atoms in total. The molecule has 2 aliphatic rings. The highest BCUT2D eigenvalue weighted by molar-refractivity contribution is 5.67. The van der Waals surface area contributed by atoms with E-state index in [2.05, 4.69) is 20.3 Å². The minimum absolute atomic E-state index is 0.0137. The van der Waals surface area contributed by atoms with Crippen molar-refractivity contribution >= 4 is 6.09 Å². The van der Waals surface area contributed by atoms with Gasteiger partial charge in [0.1, 0.15) is 41.7 Å². The molecule has 180 valence electrons. The summed E-state index contributed by atoms with van der Waals surface area (Å²) in [5, 5.41) is 8.24. The summed E-state index contributed by atoms with van der Waals surface area (Å²) in [7, 11) is 3.23. The Morgan fingerprint density at radius 3 is 2.82 bits per heavy atom. The van der Waals surface area contributed by atoms with Crippen molar-refractivity contribution in [3.63, 3.8) is 0 Å². The van der Waals surface area contributed by atoms with Gasteiger partial charge in [-0.3, -0.25) is 0 Å². The molecular weight excluding hydrogens is 427 g/mol. The van der Waals surface area contributed by atoms with E-state index in [0.29, 0.717) is 40.5 Å². The van der Waals surface area contributed by atoms with Gasteiger partial charge in [-0.1, -0.05) is 31.4 Å². The molecule has 0 bridgehead atoms. The summed E-state index contributed by atoms with van der Waals surface area (Å²) < 4.78 is 26.7. The smallest absolute Gasteiger partial charge is 0.409 e. The fourth-order valence-electron chi connectivity index (χ4n) is 4.57. The van der Waals surface area contributed by atoms with Crippen LogP contribution in [0.25, 0.3) is 11.4 Å². The Hall–Kier alpha value is -2.78. The molecule has 10 heteroatoms. The Morgan fingerprint density at radius 1 is 1.36 bits per heavy atom. The van der Waals surface area contributed by atoms with Crippen molar-refractivity contribution in [2.45, 2.75) is 77.7 Å². The van der Waals surface area contributed by atoms with Crippen molar-refractivity contribution in [1.29, 1.82) is 0 Å². The highest BCUT2D eigenvalue weighted by atomic mass is 19.1. The summed E-state index contributed by atoms with van der Waals surface area (Å²) >= 11 is 0. The standard InChI is InChI=1S/C23H33FN6O3/c1-5-16(24)13-29(3)22(31)32-14-18-20(27-28-30(18)4)17-12-25-21(15(2)26-17)33-19-11-23(19)9-7-6-8-10-23/h12,16,19H,5-11,13-14H2,1-4H3. The first kappa shape index (κ1) is 23.4. The maximum atomic E-state index is 13.6. The number of hydrogen-bond acceptors (Lipinski definition) is 7. The van der Waals surface area contributed by atoms with Gasteiger partial charge in [0.25, 0.3) is 0 Å². The molecule has 0 aromatic carbocycles. The van der Waals surface area contributed by atoms with Gasteiger partial charge in [-0.05, 0) is 32.6 Å². The van der Waals surface area contributed by atoms with Crippen LogP contribution in [-0.2, 0) is 18.4 Å². The van der Waals surface area contributed by atoms with Gasteiger partial charge in [-0.15, -0.1) is 5.10 Å². The molecule has 1 spiro atoms. The Bertz CT molecular complexity index is 991. The molecule has 33 heavy (non-hydrogen) atoms.